The number of anilines is 1. The zero-order valence-corrected chi connectivity index (χ0v) is 17.8. The van der Waals surface area contributed by atoms with Crippen molar-refractivity contribution in [1.29, 1.82) is 0 Å². The van der Waals surface area contributed by atoms with Crippen molar-refractivity contribution in [3.63, 3.8) is 0 Å². The molecule has 5 heterocycles. The highest BCUT2D eigenvalue weighted by atomic mass is 19.1. The van der Waals surface area contributed by atoms with Gasteiger partial charge in [-0.1, -0.05) is 0 Å². The molecule has 0 radical (unpaired) electrons. The standard InChI is InChI=1S/C25H25FN6/c26-20-3-1-18(2-4-20)22-23(19-5-11-27-12-6-19)32-24(30-22)21(7-13-29-32)31-15-9-25(10-16-31)8-14-28-17-25/h1-7,11-13,28H,8-10,14-17H2. The zero-order valence-electron chi connectivity index (χ0n) is 17.8. The molecule has 6 rings (SSSR count). The molecule has 0 amide bonds. The number of hydrogen-bond acceptors (Lipinski definition) is 5. The molecular weight excluding hydrogens is 403 g/mol. The summed E-state index contributed by atoms with van der Waals surface area (Å²) in [6, 6.07) is 12.5. The molecule has 2 aliphatic heterocycles. The number of halogens is 1. The predicted octanol–water partition coefficient (Wildman–Crippen LogP) is 4.18. The maximum atomic E-state index is 13.6. The van der Waals surface area contributed by atoms with Crippen molar-refractivity contribution in [2.75, 3.05) is 31.1 Å². The molecule has 3 aromatic heterocycles. The van der Waals surface area contributed by atoms with E-state index in [2.05, 4.69) is 26.4 Å². The van der Waals surface area contributed by atoms with Crippen LogP contribution in [0.1, 0.15) is 19.3 Å². The minimum Gasteiger partial charge on any atom is -0.368 e. The molecular formula is C25H25FN6. The van der Waals surface area contributed by atoms with Gasteiger partial charge in [-0.2, -0.15) is 5.10 Å². The van der Waals surface area contributed by atoms with Gasteiger partial charge in [0.05, 0.1) is 17.6 Å². The molecule has 1 aromatic carbocycles. The van der Waals surface area contributed by atoms with Crippen molar-refractivity contribution >= 4 is 11.3 Å². The Kier molecular flexibility index (Phi) is 4.64. The van der Waals surface area contributed by atoms with E-state index in [0.29, 0.717) is 5.41 Å². The Morgan fingerprint density at radius 3 is 2.38 bits per heavy atom. The summed E-state index contributed by atoms with van der Waals surface area (Å²) in [7, 11) is 0. The number of fused-ring (bicyclic) bond motifs is 1. The SMILES string of the molecule is Fc1ccc(-c2nc3c(N4CCC5(CCNC5)CC4)ccnn3c2-c2ccncc2)cc1. The maximum absolute atomic E-state index is 13.6. The van der Waals surface area contributed by atoms with Gasteiger partial charge in [0.25, 0.3) is 0 Å². The summed E-state index contributed by atoms with van der Waals surface area (Å²) in [5.41, 5.74) is 5.92. The highest BCUT2D eigenvalue weighted by molar-refractivity contribution is 5.85. The Hall–Kier alpha value is -3.32. The molecule has 7 heteroatoms. The molecule has 2 aliphatic rings. The second kappa shape index (κ2) is 7.67. The van der Waals surface area contributed by atoms with Gasteiger partial charge < -0.3 is 10.2 Å². The van der Waals surface area contributed by atoms with Crippen molar-refractivity contribution in [3.8, 4) is 22.5 Å². The lowest BCUT2D eigenvalue weighted by Gasteiger charge is -2.39. The van der Waals surface area contributed by atoms with Gasteiger partial charge in [0, 0.05) is 43.2 Å². The van der Waals surface area contributed by atoms with Gasteiger partial charge in [0.1, 0.15) is 11.5 Å². The van der Waals surface area contributed by atoms with E-state index in [1.165, 1.54) is 31.4 Å². The van der Waals surface area contributed by atoms with Gasteiger partial charge in [0.15, 0.2) is 5.65 Å². The molecule has 0 unspecified atom stereocenters. The Balaban J connectivity index is 1.47. The smallest absolute Gasteiger partial charge is 0.178 e. The lowest BCUT2D eigenvalue weighted by molar-refractivity contribution is 0.247. The first-order valence-corrected chi connectivity index (χ1v) is 11.2. The molecule has 162 valence electrons. The van der Waals surface area contributed by atoms with E-state index in [4.69, 9.17) is 4.98 Å². The lowest BCUT2D eigenvalue weighted by Crippen LogP contribution is -2.41. The minimum absolute atomic E-state index is 0.259. The third-order valence-electron chi connectivity index (χ3n) is 7.07. The number of piperidine rings is 1. The van der Waals surface area contributed by atoms with E-state index >= 15 is 0 Å². The Labute approximate surface area is 186 Å². The van der Waals surface area contributed by atoms with Crippen LogP contribution in [0.2, 0.25) is 0 Å². The zero-order chi connectivity index (χ0) is 21.5. The van der Waals surface area contributed by atoms with Gasteiger partial charge in [-0.25, -0.2) is 13.9 Å². The number of hydrogen-bond donors (Lipinski definition) is 1. The Morgan fingerprint density at radius 2 is 1.66 bits per heavy atom. The summed E-state index contributed by atoms with van der Waals surface area (Å²) in [6.07, 6.45) is 9.05. The number of pyridine rings is 1. The second-order valence-corrected chi connectivity index (χ2v) is 8.92. The molecule has 2 saturated heterocycles. The topological polar surface area (TPSA) is 58.4 Å². The molecule has 1 N–H and O–H groups in total. The summed E-state index contributed by atoms with van der Waals surface area (Å²) in [5.74, 6) is -0.259. The van der Waals surface area contributed by atoms with Crippen LogP contribution in [0.4, 0.5) is 10.1 Å². The van der Waals surface area contributed by atoms with Crippen LogP contribution < -0.4 is 10.2 Å². The van der Waals surface area contributed by atoms with Gasteiger partial charge in [-0.3, -0.25) is 4.98 Å². The average molecular weight is 429 g/mol. The van der Waals surface area contributed by atoms with Crippen molar-refractivity contribution in [1.82, 2.24) is 24.9 Å². The van der Waals surface area contributed by atoms with E-state index in [-0.39, 0.29) is 5.82 Å². The van der Waals surface area contributed by atoms with Crippen molar-refractivity contribution in [2.24, 2.45) is 5.41 Å². The van der Waals surface area contributed by atoms with Gasteiger partial charge >= 0.3 is 0 Å². The van der Waals surface area contributed by atoms with Crippen molar-refractivity contribution in [3.05, 3.63) is 66.9 Å². The van der Waals surface area contributed by atoms with Gasteiger partial charge in [-0.15, -0.1) is 0 Å². The van der Waals surface area contributed by atoms with Crippen LogP contribution in [0.3, 0.4) is 0 Å². The molecule has 0 saturated carbocycles. The van der Waals surface area contributed by atoms with Crippen LogP contribution in [-0.4, -0.2) is 45.8 Å². The fourth-order valence-electron chi connectivity index (χ4n) is 5.20. The summed E-state index contributed by atoms with van der Waals surface area (Å²) in [6.45, 7) is 4.31. The van der Waals surface area contributed by atoms with Gasteiger partial charge in [0.2, 0.25) is 0 Å². The first kappa shape index (κ1) is 19.4. The summed E-state index contributed by atoms with van der Waals surface area (Å²) in [5, 5.41) is 8.21. The maximum Gasteiger partial charge on any atom is 0.178 e. The summed E-state index contributed by atoms with van der Waals surface area (Å²) in [4.78, 5) is 11.7. The quantitative estimate of drug-likeness (QED) is 0.531. The fraction of sp³-hybridized carbons (Fsp3) is 0.320. The molecule has 1 spiro atoms. The van der Waals surface area contributed by atoms with Crippen LogP contribution in [0, 0.1) is 11.2 Å². The largest absolute Gasteiger partial charge is 0.368 e. The van der Waals surface area contributed by atoms with Crippen LogP contribution >= 0.6 is 0 Å². The molecule has 2 fully saturated rings. The lowest BCUT2D eigenvalue weighted by atomic mass is 9.78. The number of imidazole rings is 1. The van der Waals surface area contributed by atoms with E-state index in [9.17, 15) is 4.39 Å². The minimum atomic E-state index is -0.259. The highest BCUT2D eigenvalue weighted by Gasteiger charge is 2.37. The monoisotopic (exact) mass is 428 g/mol. The first-order valence-electron chi connectivity index (χ1n) is 11.2. The average Bonchev–Trinajstić information content (AvgIpc) is 3.45. The van der Waals surface area contributed by atoms with Crippen LogP contribution in [0.5, 0.6) is 0 Å². The summed E-state index contributed by atoms with van der Waals surface area (Å²) < 4.78 is 15.5. The van der Waals surface area contributed by atoms with Crippen LogP contribution in [-0.2, 0) is 0 Å². The molecule has 4 aromatic rings. The predicted molar refractivity (Wildman–Crippen MR) is 123 cm³/mol. The Bertz CT molecular complexity index is 1230. The number of benzene rings is 1. The van der Waals surface area contributed by atoms with Crippen molar-refractivity contribution < 1.29 is 4.39 Å². The number of nitrogens with zero attached hydrogens (tertiary/aromatic N) is 5. The normalized spacial score (nSPS) is 18.0. The number of aromatic nitrogens is 4. The fourth-order valence-corrected chi connectivity index (χ4v) is 5.20. The van der Waals surface area contributed by atoms with Crippen molar-refractivity contribution in [2.45, 2.75) is 19.3 Å². The van der Waals surface area contributed by atoms with Crippen LogP contribution in [0.25, 0.3) is 28.2 Å². The molecule has 0 atom stereocenters. The van der Waals surface area contributed by atoms with E-state index in [0.717, 1.165) is 60.0 Å². The van der Waals surface area contributed by atoms with Gasteiger partial charge in [-0.05, 0) is 73.7 Å². The van der Waals surface area contributed by atoms with E-state index in [1.807, 2.05) is 22.8 Å². The van der Waals surface area contributed by atoms with E-state index in [1.54, 1.807) is 24.5 Å². The third-order valence-corrected chi connectivity index (χ3v) is 7.07. The Morgan fingerprint density at radius 1 is 0.875 bits per heavy atom. The molecule has 6 nitrogen and oxygen atoms in total. The third kappa shape index (κ3) is 3.24. The van der Waals surface area contributed by atoms with Crippen LogP contribution in [0.15, 0.2) is 61.1 Å². The second-order valence-electron chi connectivity index (χ2n) is 8.92. The highest BCUT2D eigenvalue weighted by Crippen LogP contribution is 2.40. The first-order chi connectivity index (χ1) is 15.7. The number of rotatable bonds is 3. The van der Waals surface area contributed by atoms with E-state index < -0.39 is 0 Å². The molecule has 0 bridgehead atoms. The molecule has 0 aliphatic carbocycles. The number of nitrogens with one attached hydrogen (secondary N) is 1. The summed E-state index contributed by atoms with van der Waals surface area (Å²) >= 11 is 0. The molecule has 32 heavy (non-hydrogen) atoms.